The van der Waals surface area contributed by atoms with Crippen LogP contribution in [0.15, 0.2) is 30.3 Å². The van der Waals surface area contributed by atoms with E-state index < -0.39 is 48.3 Å². The van der Waals surface area contributed by atoms with Crippen molar-refractivity contribution in [3.8, 4) is 0 Å². The molecule has 2 fully saturated rings. The van der Waals surface area contributed by atoms with Crippen LogP contribution in [-0.4, -0.2) is 207 Å². The number of urea groups is 1. The van der Waals surface area contributed by atoms with Gasteiger partial charge in [0.1, 0.15) is 12.1 Å². The van der Waals surface area contributed by atoms with E-state index in [0.29, 0.717) is 64.6 Å². The second-order valence-electron chi connectivity index (χ2n) is 21.0. The molecule has 7 amide bonds. The number of hydrogen-bond acceptors (Lipinski definition) is 11. The first kappa shape index (κ1) is 73.0. The van der Waals surface area contributed by atoms with Gasteiger partial charge >= 0.3 is 41.5 Å². The molecule has 0 spiro atoms. The molecule has 2 heterocycles. The number of benzene rings is 1. The summed E-state index contributed by atoms with van der Waals surface area (Å²) in [6.45, 7) is 18.6. The molecular weight excluding hydrogens is 1300 g/mol. The van der Waals surface area contributed by atoms with Crippen molar-refractivity contribution in [1.82, 2.24) is 41.3 Å². The number of methoxy groups -OCH3 is 2. The molecule has 2 aliphatic heterocycles. The number of halogens is 1. The number of nitrogens with zero attached hydrogens (tertiary/aromatic N) is 4. The van der Waals surface area contributed by atoms with E-state index in [0.717, 1.165) is 31.5 Å². The van der Waals surface area contributed by atoms with Crippen molar-refractivity contribution in [1.29, 1.82) is 0 Å². The van der Waals surface area contributed by atoms with E-state index in [2.05, 4.69) is 67.4 Å². The van der Waals surface area contributed by atoms with E-state index in [1.807, 2.05) is 90.9 Å². The molecule has 1 aromatic carbocycles. The zero-order chi connectivity index (χ0) is 58.7. The average molecular weight is 1400 g/mol. The van der Waals surface area contributed by atoms with Crippen LogP contribution in [0.3, 0.4) is 0 Å². The fourth-order valence-electron chi connectivity index (χ4n) is 10.0. The zero-order valence-electron chi connectivity index (χ0n) is 48.8. The van der Waals surface area contributed by atoms with Gasteiger partial charge in [0.05, 0.1) is 69.1 Å². The van der Waals surface area contributed by atoms with Crippen LogP contribution >= 0.6 is 19.4 Å². The first-order valence-electron chi connectivity index (χ1n) is 27.7. The van der Waals surface area contributed by atoms with Crippen LogP contribution in [0.25, 0.3) is 16.8 Å². The Labute approximate surface area is 489 Å². The number of piperidine rings is 1. The van der Waals surface area contributed by atoms with E-state index in [9.17, 15) is 28.8 Å². The van der Waals surface area contributed by atoms with Crippen molar-refractivity contribution < 1.29 is 63.8 Å². The smallest absolute Gasteiger partial charge is 0.171 e. The molecule has 0 unspecified atom stereocenters. The summed E-state index contributed by atoms with van der Waals surface area (Å²) in [5.41, 5.74) is 13.4. The Bertz CT molecular complexity index is 1830. The zero-order valence-corrected chi connectivity index (χ0v) is 53.2. The third-order valence-corrected chi connectivity index (χ3v) is 14.4. The molecule has 0 saturated carbocycles. The second-order valence-corrected chi connectivity index (χ2v) is 21.0. The van der Waals surface area contributed by atoms with E-state index in [4.69, 9.17) is 30.4 Å². The van der Waals surface area contributed by atoms with Crippen LogP contribution in [0.4, 0.5) is 4.79 Å². The monoisotopic (exact) mass is 1390 g/mol. The molecule has 1 aromatic rings. The standard InChI is InChI=1S/C53H92N9O10.C2H6N2.HI.Pt/c1-13-37(6)47(61(10)52(67)45(35(2)3)59-51(66)46(36(4)5)60(8)9)43(69-11)33-44(63)62-27-17-20-42(62)48(70-12)38(7)49(64)58-41(32-39-18-15-14-16-19-39)50(65)55-25-28-71-30-31-72-29-26-56-53(68)57-34-40-21-23-54-24-22-40;3-1-2-4;;/h14-16,18-19,35-38,40-43,45-48H,13,17,20-34H2,1-12H3,(H,55,65)(H,58,64)(H,59,66)(H2,56,57,68);3-4H,1-2H2;1H;/q-1;-2;;+1/p-1/t37-,38+,41-,42-,43+,45-,46-,47-,48+;;;/m0.../s1. The molecular formula is C55H98IN11O10Pt-3. The molecule has 0 aliphatic carbocycles. The maximum absolute atomic E-state index is 14.5. The molecule has 0 aromatic heterocycles. The Kier molecular flexibility index (Phi) is 39.1. The topological polar surface area (TPSA) is 271 Å². The van der Waals surface area contributed by atoms with Crippen molar-refractivity contribution in [2.45, 2.75) is 136 Å². The number of likely N-dealkylation sites (N-methyl/N-ethyl adjacent to an activating group) is 2. The van der Waals surface area contributed by atoms with Crippen molar-refractivity contribution >= 4 is 54.9 Å². The van der Waals surface area contributed by atoms with Gasteiger partial charge in [0.25, 0.3) is 0 Å². The van der Waals surface area contributed by atoms with Gasteiger partial charge in [0, 0.05) is 53.9 Å². The van der Waals surface area contributed by atoms with E-state index in [1.165, 1.54) is 7.11 Å². The van der Waals surface area contributed by atoms with Crippen molar-refractivity contribution in [2.24, 2.45) is 29.6 Å². The maximum atomic E-state index is 14.5. The maximum Gasteiger partial charge on any atom is -0.171 e. The summed E-state index contributed by atoms with van der Waals surface area (Å²) in [7, 11) is 8.51. The molecule has 9 atom stereocenters. The van der Waals surface area contributed by atoms with Crippen LogP contribution in [0, 0.1) is 29.6 Å². The molecule has 7 N–H and O–H groups in total. The summed E-state index contributed by atoms with van der Waals surface area (Å²) in [4.78, 5) is 87.6. The summed E-state index contributed by atoms with van der Waals surface area (Å²) >= 11 is 4.23. The summed E-state index contributed by atoms with van der Waals surface area (Å²) in [6.07, 6.45) is 2.91. The average Bonchev–Trinajstić information content (AvgIpc) is 3.93. The molecule has 0 radical (unpaired) electrons. The predicted octanol–water partition coefficient (Wildman–Crippen LogP) is 5.57. The minimum absolute atomic E-state index is 0.0166. The number of carbonyl (C=O) groups excluding carboxylic acids is 6. The van der Waals surface area contributed by atoms with E-state index in [-0.39, 0.29) is 92.4 Å². The van der Waals surface area contributed by atoms with E-state index in [1.54, 1.807) is 30.9 Å². The Balaban J connectivity index is 0.00000483. The number of amides is 7. The number of carbonyl (C=O) groups is 6. The minimum Gasteiger partial charge on any atom is -0.679 e. The van der Waals surface area contributed by atoms with Crippen LogP contribution in [0.1, 0.15) is 92.6 Å². The normalized spacial score (nSPS) is 17.7. The first-order chi connectivity index (χ1) is 37.3. The van der Waals surface area contributed by atoms with Gasteiger partial charge in [0.2, 0.25) is 29.5 Å². The number of rotatable bonds is 33. The van der Waals surface area contributed by atoms with Gasteiger partial charge in [-0.25, -0.2) is 4.79 Å². The summed E-state index contributed by atoms with van der Waals surface area (Å²) in [5, 5.41) is 19.0. The summed E-state index contributed by atoms with van der Waals surface area (Å²) < 4.78 is 23.4. The second kappa shape index (κ2) is 41.9. The SMILES string of the molecule is CC[C@H](C)[C@@H]([C@@H](CC(=O)N1CCC[C@H]1[C@H](OC)[C@@H](C)C(=O)N[C@@H](Cc1ccccc1)C(=O)NCCOCCOCCNC(=O)NCC1CC[N-]CC1)OC)N(C)C(=O)[C@@H](NC(=O)[C@H](C(C)C)N(C)C)C(C)C.[I][Pt].[NH-]CC[NH-]. The van der Waals surface area contributed by atoms with E-state index >= 15 is 0 Å². The van der Waals surface area contributed by atoms with Crippen molar-refractivity contribution in [2.75, 3.05) is 114 Å². The van der Waals surface area contributed by atoms with Crippen LogP contribution < -0.4 is 26.6 Å². The number of ether oxygens (including phenoxy) is 4. The Morgan fingerprint density at radius 3 is 1.91 bits per heavy atom. The molecule has 21 nitrogen and oxygen atoms in total. The van der Waals surface area contributed by atoms with Gasteiger partial charge < -0.3 is 72.1 Å². The third kappa shape index (κ3) is 26.2. The molecule has 3 rings (SSSR count). The van der Waals surface area contributed by atoms with Gasteiger partial charge in [-0.1, -0.05) is 98.1 Å². The molecule has 453 valence electrons. The molecule has 23 heteroatoms. The molecule has 0 bridgehead atoms. The van der Waals surface area contributed by atoms with Crippen molar-refractivity contribution in [3.05, 3.63) is 52.7 Å². The van der Waals surface area contributed by atoms with Crippen molar-refractivity contribution in [3.63, 3.8) is 0 Å². The number of nitrogens with one attached hydrogen (secondary N) is 7. The van der Waals surface area contributed by atoms with Gasteiger partial charge in [-0.2, -0.15) is 13.1 Å². The summed E-state index contributed by atoms with van der Waals surface area (Å²) in [5.74, 6) is -1.91. The van der Waals surface area contributed by atoms with Crippen LogP contribution in [0.5, 0.6) is 0 Å². The Morgan fingerprint density at radius 1 is 0.782 bits per heavy atom. The Morgan fingerprint density at radius 2 is 1.38 bits per heavy atom. The van der Waals surface area contributed by atoms with Gasteiger partial charge in [-0.3, -0.25) is 28.9 Å². The quantitative estimate of drug-likeness (QED) is 0.0429. The van der Waals surface area contributed by atoms with Crippen LogP contribution in [0.2, 0.25) is 0 Å². The number of likely N-dealkylation sites (tertiary alicyclic amines) is 1. The Hall–Kier alpha value is -3.06. The molecule has 2 saturated heterocycles. The van der Waals surface area contributed by atoms with Gasteiger partial charge in [-0.15, -0.1) is 13.1 Å². The van der Waals surface area contributed by atoms with Crippen LogP contribution in [-0.2, 0) is 65.5 Å². The molecule has 78 heavy (non-hydrogen) atoms. The van der Waals surface area contributed by atoms with Gasteiger partial charge in [0.15, 0.2) is 0 Å². The number of hydrogen-bond donors (Lipinski definition) is 5. The summed E-state index contributed by atoms with van der Waals surface area (Å²) in [6, 6.07) is 6.20. The fourth-order valence-corrected chi connectivity index (χ4v) is 10.0. The third-order valence-electron chi connectivity index (χ3n) is 14.4. The predicted molar refractivity (Wildman–Crippen MR) is 312 cm³/mol. The van der Waals surface area contributed by atoms with Gasteiger partial charge in [-0.05, 0) is 56.2 Å². The molecule has 2 aliphatic rings. The minimum atomic E-state index is -0.903. The first-order valence-corrected chi connectivity index (χ1v) is 34.1. The largest absolute Gasteiger partial charge is 0.679 e. The fraction of sp³-hybridized carbons (Fsp3) is 0.782.